The zero-order valence-electron chi connectivity index (χ0n) is 25.8. The van der Waals surface area contributed by atoms with Gasteiger partial charge in [-0.05, 0) is 41.4 Å². The molecule has 0 bridgehead atoms. The summed E-state index contributed by atoms with van der Waals surface area (Å²) in [7, 11) is 1.64. The van der Waals surface area contributed by atoms with Gasteiger partial charge < -0.3 is 25.2 Å². The number of likely N-dealkylation sites (N-methyl/N-ethyl adjacent to an activating group) is 1. The third-order valence-corrected chi connectivity index (χ3v) is 8.35. The van der Waals surface area contributed by atoms with Gasteiger partial charge in [0.2, 0.25) is 5.91 Å². The third kappa shape index (κ3) is 6.77. The summed E-state index contributed by atoms with van der Waals surface area (Å²) in [6, 6.07) is 24.6. The number of piperazine rings is 1. The first-order chi connectivity index (χ1) is 22.1. The van der Waals surface area contributed by atoms with Crippen LogP contribution in [0.3, 0.4) is 0 Å². The molecule has 0 aliphatic carbocycles. The normalized spacial score (nSPS) is 16.8. The molecule has 0 radical (unpaired) electrons. The Morgan fingerprint density at radius 2 is 1.80 bits per heavy atom. The number of nitrogens with one attached hydrogen (secondary N) is 2. The molecule has 45 heavy (non-hydrogen) atoms. The van der Waals surface area contributed by atoms with Crippen LogP contribution in [0.25, 0.3) is 11.1 Å². The Balaban J connectivity index is 1.27. The molecule has 3 heterocycles. The summed E-state index contributed by atoms with van der Waals surface area (Å²) < 4.78 is 5.82. The van der Waals surface area contributed by atoms with Crippen molar-refractivity contribution in [1.82, 2.24) is 14.9 Å². The van der Waals surface area contributed by atoms with E-state index in [1.54, 1.807) is 7.11 Å². The van der Waals surface area contributed by atoms with Gasteiger partial charge in [0.15, 0.2) is 5.82 Å². The Hall–Kier alpha value is -4.93. The number of methoxy groups -OCH3 is 1. The largest absolute Gasteiger partial charge is 0.494 e. The second-order valence-electron chi connectivity index (χ2n) is 11.0. The summed E-state index contributed by atoms with van der Waals surface area (Å²) in [5.41, 5.74) is 5.72. The van der Waals surface area contributed by atoms with Crippen molar-refractivity contribution < 1.29 is 14.4 Å². The van der Waals surface area contributed by atoms with Gasteiger partial charge in [-0.15, -0.1) is 0 Å². The number of rotatable bonds is 10. The SMILES string of the molecule is C=CC(=O)Nc1cc(Nc2cc(N3OCCC3c3cccc(-c4ccccc4)c3)ncn2)c(OC)cc1N1CCN(CC)CC1. The summed E-state index contributed by atoms with van der Waals surface area (Å²) in [5.74, 6) is 1.56. The van der Waals surface area contributed by atoms with E-state index in [-0.39, 0.29) is 11.9 Å². The molecule has 1 atom stereocenters. The van der Waals surface area contributed by atoms with Crippen molar-refractivity contribution in [3.05, 3.63) is 97.3 Å². The molecule has 10 heteroatoms. The predicted octanol–water partition coefficient (Wildman–Crippen LogP) is 6.05. The monoisotopic (exact) mass is 605 g/mol. The van der Waals surface area contributed by atoms with Crippen LogP contribution in [0.1, 0.15) is 24.9 Å². The van der Waals surface area contributed by atoms with E-state index in [0.717, 1.165) is 56.0 Å². The summed E-state index contributed by atoms with van der Waals surface area (Å²) in [5, 5.41) is 8.24. The molecule has 6 rings (SSSR count). The van der Waals surface area contributed by atoms with Gasteiger partial charge in [0.25, 0.3) is 0 Å². The highest BCUT2D eigenvalue weighted by Crippen LogP contribution is 2.40. The van der Waals surface area contributed by atoms with Crippen LogP contribution in [0.4, 0.5) is 28.7 Å². The zero-order chi connectivity index (χ0) is 31.2. The van der Waals surface area contributed by atoms with Crippen LogP contribution in [0.15, 0.2) is 91.8 Å². The maximum atomic E-state index is 12.4. The van der Waals surface area contributed by atoms with E-state index >= 15 is 0 Å². The Kier molecular flexibility index (Phi) is 9.23. The minimum Gasteiger partial charge on any atom is -0.494 e. The lowest BCUT2D eigenvalue weighted by Gasteiger charge is -2.36. The lowest BCUT2D eigenvalue weighted by atomic mass is 9.98. The van der Waals surface area contributed by atoms with Crippen molar-refractivity contribution in [3.8, 4) is 16.9 Å². The molecule has 1 unspecified atom stereocenters. The molecule has 2 aliphatic rings. The van der Waals surface area contributed by atoms with Crippen molar-refractivity contribution in [2.45, 2.75) is 19.4 Å². The molecular weight excluding hydrogens is 566 g/mol. The Labute approximate surface area is 264 Å². The molecule has 232 valence electrons. The molecule has 3 aromatic carbocycles. The highest BCUT2D eigenvalue weighted by Gasteiger charge is 2.30. The van der Waals surface area contributed by atoms with Crippen molar-refractivity contribution in [2.24, 2.45) is 0 Å². The van der Waals surface area contributed by atoms with Crippen molar-refractivity contribution in [2.75, 3.05) is 67.0 Å². The van der Waals surface area contributed by atoms with Gasteiger partial charge >= 0.3 is 0 Å². The van der Waals surface area contributed by atoms with Crippen molar-refractivity contribution in [1.29, 1.82) is 0 Å². The summed E-state index contributed by atoms with van der Waals surface area (Å²) >= 11 is 0. The van der Waals surface area contributed by atoms with Gasteiger partial charge in [0.1, 0.15) is 17.9 Å². The topological polar surface area (TPSA) is 95.1 Å². The van der Waals surface area contributed by atoms with E-state index in [1.165, 1.54) is 18.0 Å². The second-order valence-corrected chi connectivity index (χ2v) is 11.0. The quantitative estimate of drug-likeness (QED) is 0.210. The number of hydrogen-bond donors (Lipinski definition) is 2. The number of anilines is 5. The van der Waals surface area contributed by atoms with Crippen LogP contribution < -0.4 is 25.3 Å². The molecular formula is C35H39N7O3. The number of hydrogen-bond acceptors (Lipinski definition) is 9. The molecule has 4 aromatic rings. The maximum absolute atomic E-state index is 12.4. The first-order valence-corrected chi connectivity index (χ1v) is 15.4. The fraction of sp³-hybridized carbons (Fsp3) is 0.286. The minimum atomic E-state index is -0.280. The Bertz CT molecular complexity index is 1640. The first kappa shape index (κ1) is 30.1. The van der Waals surface area contributed by atoms with E-state index in [1.807, 2.05) is 29.3 Å². The predicted molar refractivity (Wildman–Crippen MR) is 179 cm³/mol. The molecule has 1 aromatic heterocycles. The van der Waals surface area contributed by atoms with Crippen LogP contribution in [0, 0.1) is 0 Å². The lowest BCUT2D eigenvalue weighted by molar-refractivity contribution is -0.111. The fourth-order valence-electron chi connectivity index (χ4n) is 5.91. The molecule has 0 saturated carbocycles. The number of aromatic nitrogens is 2. The van der Waals surface area contributed by atoms with E-state index in [2.05, 4.69) is 92.4 Å². The van der Waals surface area contributed by atoms with Crippen LogP contribution in [-0.2, 0) is 9.63 Å². The number of amides is 1. The van der Waals surface area contributed by atoms with Gasteiger partial charge in [-0.25, -0.2) is 15.0 Å². The molecule has 2 N–H and O–H groups in total. The minimum absolute atomic E-state index is 0.000810. The highest BCUT2D eigenvalue weighted by atomic mass is 16.7. The number of ether oxygens (including phenoxy) is 1. The van der Waals surface area contributed by atoms with Crippen LogP contribution in [-0.4, -0.2) is 67.2 Å². The number of hydroxylamine groups is 1. The van der Waals surface area contributed by atoms with Crippen LogP contribution in [0.2, 0.25) is 0 Å². The molecule has 10 nitrogen and oxygen atoms in total. The average Bonchev–Trinajstić information content (AvgIpc) is 3.59. The summed E-state index contributed by atoms with van der Waals surface area (Å²) in [6.45, 7) is 11.0. The number of nitrogens with zero attached hydrogens (tertiary/aromatic N) is 5. The van der Waals surface area contributed by atoms with Crippen molar-refractivity contribution in [3.63, 3.8) is 0 Å². The zero-order valence-corrected chi connectivity index (χ0v) is 25.8. The molecule has 2 saturated heterocycles. The summed E-state index contributed by atoms with van der Waals surface area (Å²) in [4.78, 5) is 32.3. The van der Waals surface area contributed by atoms with Gasteiger partial charge in [0, 0.05) is 44.7 Å². The van der Waals surface area contributed by atoms with Crippen LogP contribution >= 0.6 is 0 Å². The average molecular weight is 606 g/mol. The Morgan fingerprint density at radius 1 is 1.00 bits per heavy atom. The van der Waals surface area contributed by atoms with Gasteiger partial charge in [-0.1, -0.05) is 62.0 Å². The number of carbonyl (C=O) groups excluding carboxylic acids is 1. The number of carbonyl (C=O) groups is 1. The molecule has 2 aliphatic heterocycles. The smallest absolute Gasteiger partial charge is 0.247 e. The van der Waals surface area contributed by atoms with E-state index in [0.29, 0.717) is 35.4 Å². The van der Waals surface area contributed by atoms with Gasteiger partial charge in [-0.3, -0.25) is 9.63 Å². The first-order valence-electron chi connectivity index (χ1n) is 15.4. The molecule has 1 amide bonds. The molecule has 2 fully saturated rings. The standard InChI is InChI=1S/C35H39N7O3/c1-4-35(43)39-28-21-29(32(44-3)22-31(28)41-17-15-40(5-2)16-18-41)38-33-23-34(37-24-36-33)42-30(14-19-45-42)27-13-9-12-26(20-27)25-10-7-6-8-11-25/h4,6-13,20-24,30H,1,5,14-19H2,2-3H3,(H,39,43)(H,36,37,38). The highest BCUT2D eigenvalue weighted by molar-refractivity contribution is 6.02. The molecule has 0 spiro atoms. The Morgan fingerprint density at radius 3 is 2.56 bits per heavy atom. The van der Waals surface area contributed by atoms with Gasteiger partial charge in [-0.2, -0.15) is 0 Å². The van der Waals surface area contributed by atoms with E-state index in [9.17, 15) is 4.79 Å². The lowest BCUT2D eigenvalue weighted by Crippen LogP contribution is -2.46. The van der Waals surface area contributed by atoms with Crippen LogP contribution in [0.5, 0.6) is 5.75 Å². The third-order valence-electron chi connectivity index (χ3n) is 8.35. The maximum Gasteiger partial charge on any atom is 0.247 e. The van der Waals surface area contributed by atoms with E-state index in [4.69, 9.17) is 9.57 Å². The fourth-order valence-corrected chi connectivity index (χ4v) is 5.91. The summed E-state index contributed by atoms with van der Waals surface area (Å²) in [6.07, 6.45) is 3.62. The van der Waals surface area contributed by atoms with E-state index < -0.39 is 0 Å². The number of benzene rings is 3. The van der Waals surface area contributed by atoms with Gasteiger partial charge in [0.05, 0.1) is 36.8 Å². The van der Waals surface area contributed by atoms with Crippen molar-refractivity contribution >= 4 is 34.6 Å². The second kappa shape index (κ2) is 13.8.